The Hall–Kier alpha value is -2.64. The van der Waals surface area contributed by atoms with E-state index in [4.69, 9.17) is 19.2 Å². The molecule has 1 amide bonds. The Kier molecular flexibility index (Phi) is 4.96. The van der Waals surface area contributed by atoms with E-state index < -0.39 is 0 Å². The number of nitrogens with zero attached hydrogens (tertiary/aromatic N) is 2. The molecule has 0 saturated carbocycles. The summed E-state index contributed by atoms with van der Waals surface area (Å²) in [5.41, 5.74) is 2.83. The van der Waals surface area contributed by atoms with Crippen molar-refractivity contribution in [2.75, 3.05) is 34.0 Å². The molecule has 0 fully saturated rings. The van der Waals surface area contributed by atoms with Crippen LogP contribution in [0, 0.1) is 0 Å². The molecule has 2 heterocycles. The van der Waals surface area contributed by atoms with Crippen LogP contribution in [0.15, 0.2) is 36.4 Å². The number of amides is 1. The molecule has 0 atom stereocenters. The zero-order valence-electron chi connectivity index (χ0n) is 15.2. The number of carbonyl (C=O) groups excluding carboxylic acids is 1. The quantitative estimate of drug-likeness (QED) is 0.690. The highest BCUT2D eigenvalue weighted by atomic mass is 32.1. The summed E-state index contributed by atoms with van der Waals surface area (Å²) in [7, 11) is 3.15. The molecule has 27 heavy (non-hydrogen) atoms. The largest absolute Gasteiger partial charge is 0.493 e. The van der Waals surface area contributed by atoms with Crippen molar-refractivity contribution in [2.45, 2.75) is 6.54 Å². The van der Waals surface area contributed by atoms with Crippen LogP contribution in [0.2, 0.25) is 0 Å². The van der Waals surface area contributed by atoms with E-state index in [0.717, 1.165) is 26.4 Å². The standard InChI is InChI=1S/C20H20N2O4S/c1-24-12-18(23)22-7-8-26-19-14(11-22)9-13(10-16(19)25-2)20-21-15-5-3-4-6-17(15)27-20/h3-6,9-10H,7-8,11-12H2,1-2H3. The second kappa shape index (κ2) is 7.54. The highest BCUT2D eigenvalue weighted by Crippen LogP contribution is 2.40. The van der Waals surface area contributed by atoms with Gasteiger partial charge in [-0.2, -0.15) is 0 Å². The van der Waals surface area contributed by atoms with E-state index >= 15 is 0 Å². The predicted molar refractivity (Wildman–Crippen MR) is 104 cm³/mol. The minimum absolute atomic E-state index is 0.0571. The third-order valence-electron chi connectivity index (χ3n) is 4.48. The van der Waals surface area contributed by atoms with E-state index in [0.29, 0.717) is 31.2 Å². The molecule has 0 radical (unpaired) electrons. The molecule has 140 valence electrons. The fourth-order valence-corrected chi connectivity index (χ4v) is 4.14. The first-order valence-corrected chi connectivity index (χ1v) is 9.47. The topological polar surface area (TPSA) is 60.9 Å². The zero-order chi connectivity index (χ0) is 18.8. The molecule has 1 aliphatic heterocycles. The maximum atomic E-state index is 12.3. The summed E-state index contributed by atoms with van der Waals surface area (Å²) in [4.78, 5) is 18.8. The van der Waals surface area contributed by atoms with Crippen molar-refractivity contribution in [3.63, 3.8) is 0 Å². The van der Waals surface area contributed by atoms with E-state index in [9.17, 15) is 4.79 Å². The van der Waals surface area contributed by atoms with Gasteiger partial charge in [-0.05, 0) is 24.3 Å². The summed E-state index contributed by atoms with van der Waals surface area (Å²) < 4.78 is 17.6. The van der Waals surface area contributed by atoms with Crippen LogP contribution in [0.3, 0.4) is 0 Å². The molecule has 6 nitrogen and oxygen atoms in total. The molecule has 0 N–H and O–H groups in total. The number of para-hydroxylation sites is 1. The second-order valence-corrected chi connectivity index (χ2v) is 7.28. The fourth-order valence-electron chi connectivity index (χ4n) is 3.18. The summed E-state index contributed by atoms with van der Waals surface area (Å²) >= 11 is 1.63. The number of ether oxygens (including phenoxy) is 3. The Morgan fingerprint density at radius 2 is 2.15 bits per heavy atom. The van der Waals surface area contributed by atoms with Gasteiger partial charge in [-0.3, -0.25) is 4.79 Å². The molecule has 1 aromatic heterocycles. The Morgan fingerprint density at radius 3 is 2.93 bits per heavy atom. The average molecular weight is 384 g/mol. The monoisotopic (exact) mass is 384 g/mol. The van der Waals surface area contributed by atoms with Gasteiger partial charge in [-0.15, -0.1) is 11.3 Å². The molecular weight excluding hydrogens is 364 g/mol. The summed E-state index contributed by atoms with van der Waals surface area (Å²) in [6, 6.07) is 12.0. The number of aromatic nitrogens is 1. The lowest BCUT2D eigenvalue weighted by Crippen LogP contribution is -2.34. The molecule has 4 rings (SSSR count). The first-order valence-electron chi connectivity index (χ1n) is 8.66. The van der Waals surface area contributed by atoms with Crippen molar-refractivity contribution in [3.8, 4) is 22.1 Å². The van der Waals surface area contributed by atoms with Crippen LogP contribution in [0.4, 0.5) is 0 Å². The van der Waals surface area contributed by atoms with Crippen molar-refractivity contribution >= 4 is 27.5 Å². The van der Waals surface area contributed by atoms with Crippen LogP contribution >= 0.6 is 11.3 Å². The first kappa shape index (κ1) is 17.8. The number of fused-ring (bicyclic) bond motifs is 2. The maximum absolute atomic E-state index is 12.3. The molecule has 3 aromatic rings. The smallest absolute Gasteiger partial charge is 0.248 e. The third-order valence-corrected chi connectivity index (χ3v) is 5.57. The third kappa shape index (κ3) is 3.48. The molecule has 0 unspecified atom stereocenters. The zero-order valence-corrected chi connectivity index (χ0v) is 16.0. The van der Waals surface area contributed by atoms with Gasteiger partial charge in [-0.25, -0.2) is 4.98 Å². The maximum Gasteiger partial charge on any atom is 0.248 e. The molecule has 7 heteroatoms. The lowest BCUT2D eigenvalue weighted by atomic mass is 10.1. The van der Waals surface area contributed by atoms with Gasteiger partial charge in [-0.1, -0.05) is 12.1 Å². The molecular formula is C20H20N2O4S. The Bertz CT molecular complexity index is 952. The minimum Gasteiger partial charge on any atom is -0.493 e. The SMILES string of the molecule is COCC(=O)N1CCOc2c(cc(-c3nc4ccccc4s3)cc2OC)C1. The van der Waals surface area contributed by atoms with Gasteiger partial charge in [0.2, 0.25) is 5.91 Å². The summed E-state index contributed by atoms with van der Waals surface area (Å²) in [6.07, 6.45) is 0. The van der Waals surface area contributed by atoms with Gasteiger partial charge < -0.3 is 19.1 Å². The molecule has 0 bridgehead atoms. The number of benzene rings is 2. The molecule has 0 saturated heterocycles. The van der Waals surface area contributed by atoms with E-state index in [2.05, 4.69) is 6.07 Å². The first-order chi connectivity index (χ1) is 13.2. The Balaban J connectivity index is 1.76. The van der Waals surface area contributed by atoms with Crippen molar-refractivity contribution < 1.29 is 19.0 Å². The highest BCUT2D eigenvalue weighted by molar-refractivity contribution is 7.21. The number of thiazole rings is 1. The summed E-state index contributed by atoms with van der Waals surface area (Å²) in [5.74, 6) is 1.29. The number of hydrogen-bond acceptors (Lipinski definition) is 6. The molecule has 0 aliphatic carbocycles. The summed E-state index contributed by atoms with van der Waals surface area (Å²) in [5, 5.41) is 0.913. The van der Waals surface area contributed by atoms with Crippen molar-refractivity contribution in [2.24, 2.45) is 0 Å². The Labute approximate surface area is 161 Å². The Morgan fingerprint density at radius 1 is 1.30 bits per heavy atom. The van der Waals surface area contributed by atoms with Gasteiger partial charge in [0.05, 0.1) is 23.9 Å². The van der Waals surface area contributed by atoms with Gasteiger partial charge in [0.25, 0.3) is 0 Å². The second-order valence-electron chi connectivity index (χ2n) is 6.25. The van der Waals surface area contributed by atoms with Crippen LogP contribution in [0.25, 0.3) is 20.8 Å². The fraction of sp³-hybridized carbons (Fsp3) is 0.300. The number of hydrogen-bond donors (Lipinski definition) is 0. The molecule has 0 spiro atoms. The van der Waals surface area contributed by atoms with E-state index in [1.54, 1.807) is 23.3 Å². The van der Waals surface area contributed by atoms with Gasteiger partial charge in [0.1, 0.15) is 18.2 Å². The van der Waals surface area contributed by atoms with Crippen LogP contribution in [0.5, 0.6) is 11.5 Å². The normalized spacial score (nSPS) is 13.8. The van der Waals surface area contributed by atoms with Crippen LogP contribution in [-0.2, 0) is 16.1 Å². The molecule has 1 aliphatic rings. The van der Waals surface area contributed by atoms with Crippen LogP contribution in [0.1, 0.15) is 5.56 Å². The van der Waals surface area contributed by atoms with Gasteiger partial charge in [0.15, 0.2) is 11.5 Å². The predicted octanol–water partition coefficient (Wildman–Crippen LogP) is 3.34. The number of methoxy groups -OCH3 is 2. The van der Waals surface area contributed by atoms with Crippen molar-refractivity contribution in [1.82, 2.24) is 9.88 Å². The number of carbonyl (C=O) groups is 1. The average Bonchev–Trinajstić information content (AvgIpc) is 3.00. The van der Waals surface area contributed by atoms with E-state index in [-0.39, 0.29) is 12.5 Å². The highest BCUT2D eigenvalue weighted by Gasteiger charge is 2.24. The lowest BCUT2D eigenvalue weighted by Gasteiger charge is -2.19. The van der Waals surface area contributed by atoms with Crippen molar-refractivity contribution in [3.05, 3.63) is 42.0 Å². The number of rotatable bonds is 4. The minimum atomic E-state index is -0.0571. The van der Waals surface area contributed by atoms with Crippen LogP contribution < -0.4 is 9.47 Å². The van der Waals surface area contributed by atoms with E-state index in [1.165, 1.54) is 7.11 Å². The molecule has 2 aromatic carbocycles. The van der Waals surface area contributed by atoms with Gasteiger partial charge >= 0.3 is 0 Å². The lowest BCUT2D eigenvalue weighted by molar-refractivity contribution is -0.135. The van der Waals surface area contributed by atoms with Crippen molar-refractivity contribution in [1.29, 1.82) is 0 Å². The summed E-state index contributed by atoms with van der Waals surface area (Å²) in [6.45, 7) is 1.44. The van der Waals surface area contributed by atoms with E-state index in [1.807, 2.05) is 30.3 Å². The van der Waals surface area contributed by atoms with Gasteiger partial charge in [0, 0.05) is 24.8 Å². The van der Waals surface area contributed by atoms with Crippen LogP contribution in [-0.4, -0.2) is 49.8 Å².